The zero-order chi connectivity index (χ0) is 14.3. The zero-order valence-corrected chi connectivity index (χ0v) is 12.3. The summed E-state index contributed by atoms with van der Waals surface area (Å²) in [5.74, 6) is 0. The molecule has 19 heavy (non-hydrogen) atoms. The molecule has 2 rings (SSSR count). The van der Waals surface area contributed by atoms with Gasteiger partial charge in [0, 0.05) is 28.4 Å². The van der Waals surface area contributed by atoms with Crippen molar-refractivity contribution >= 4 is 20.7 Å². The van der Waals surface area contributed by atoms with Crippen molar-refractivity contribution in [2.24, 2.45) is 0 Å². The van der Waals surface area contributed by atoms with E-state index in [1.54, 1.807) is 20.8 Å². The SMILES string of the molecule is C=C(Cc1c[nH]c2ccccc12)S(=O)(=O)C(C)(C)C. The summed E-state index contributed by atoms with van der Waals surface area (Å²) in [6, 6.07) is 7.85. The van der Waals surface area contributed by atoms with Crippen molar-refractivity contribution in [2.75, 3.05) is 0 Å². The van der Waals surface area contributed by atoms with Gasteiger partial charge in [-0.1, -0.05) is 24.8 Å². The van der Waals surface area contributed by atoms with Gasteiger partial charge >= 0.3 is 0 Å². The number of H-pyrrole nitrogens is 1. The number of sulfone groups is 1. The minimum Gasteiger partial charge on any atom is -0.361 e. The van der Waals surface area contributed by atoms with E-state index in [1.807, 2.05) is 30.5 Å². The maximum atomic E-state index is 12.3. The fourth-order valence-electron chi connectivity index (χ4n) is 2.02. The van der Waals surface area contributed by atoms with Crippen molar-refractivity contribution in [1.29, 1.82) is 0 Å². The number of rotatable bonds is 3. The number of allylic oxidation sites excluding steroid dienone is 1. The molecule has 0 fully saturated rings. The molecule has 4 heteroatoms. The molecule has 0 amide bonds. The van der Waals surface area contributed by atoms with E-state index in [0.717, 1.165) is 16.5 Å². The number of fused-ring (bicyclic) bond motifs is 1. The molecule has 0 radical (unpaired) electrons. The molecule has 3 nitrogen and oxygen atoms in total. The Morgan fingerprint density at radius 1 is 1.26 bits per heavy atom. The Hall–Kier alpha value is -1.55. The van der Waals surface area contributed by atoms with E-state index in [2.05, 4.69) is 11.6 Å². The van der Waals surface area contributed by atoms with Crippen LogP contribution in [0.25, 0.3) is 10.9 Å². The number of para-hydroxylation sites is 1. The van der Waals surface area contributed by atoms with Gasteiger partial charge in [-0.15, -0.1) is 0 Å². The smallest absolute Gasteiger partial charge is 0.179 e. The van der Waals surface area contributed by atoms with Crippen LogP contribution in [0.1, 0.15) is 26.3 Å². The third-order valence-electron chi connectivity index (χ3n) is 3.25. The predicted molar refractivity (Wildman–Crippen MR) is 79.8 cm³/mol. The second kappa shape index (κ2) is 4.53. The highest BCUT2D eigenvalue weighted by Crippen LogP contribution is 2.27. The third-order valence-corrected chi connectivity index (χ3v) is 5.77. The minimum absolute atomic E-state index is 0.268. The number of hydrogen-bond donors (Lipinski definition) is 1. The molecule has 0 unspecified atom stereocenters. The van der Waals surface area contributed by atoms with Crippen LogP contribution in [0.5, 0.6) is 0 Å². The first-order valence-corrected chi connectivity index (χ1v) is 7.69. The van der Waals surface area contributed by atoms with Crippen LogP contribution < -0.4 is 0 Å². The van der Waals surface area contributed by atoms with E-state index in [1.165, 1.54) is 0 Å². The van der Waals surface area contributed by atoms with Gasteiger partial charge in [-0.05, 0) is 32.4 Å². The van der Waals surface area contributed by atoms with Crippen molar-refractivity contribution in [1.82, 2.24) is 4.98 Å². The van der Waals surface area contributed by atoms with Crippen LogP contribution in [0.2, 0.25) is 0 Å². The molecule has 0 atom stereocenters. The molecule has 0 aliphatic carbocycles. The second-order valence-corrected chi connectivity index (χ2v) is 8.50. The van der Waals surface area contributed by atoms with Crippen molar-refractivity contribution < 1.29 is 8.42 Å². The predicted octanol–water partition coefficient (Wildman–Crippen LogP) is 3.44. The van der Waals surface area contributed by atoms with Crippen molar-refractivity contribution in [3.63, 3.8) is 0 Å². The largest absolute Gasteiger partial charge is 0.361 e. The van der Waals surface area contributed by atoms with Gasteiger partial charge in [-0.2, -0.15) is 0 Å². The molecule has 0 saturated heterocycles. The summed E-state index contributed by atoms with van der Waals surface area (Å²) < 4.78 is 23.8. The summed E-state index contributed by atoms with van der Waals surface area (Å²) in [6.45, 7) is 8.86. The highest BCUT2D eigenvalue weighted by molar-refractivity contribution is 7.96. The Morgan fingerprint density at radius 2 is 1.89 bits per heavy atom. The average Bonchev–Trinajstić information content (AvgIpc) is 2.71. The molecule has 0 spiro atoms. The van der Waals surface area contributed by atoms with E-state index >= 15 is 0 Å². The first kappa shape index (κ1) is 13.9. The highest BCUT2D eigenvalue weighted by Gasteiger charge is 2.31. The number of hydrogen-bond acceptors (Lipinski definition) is 2. The fraction of sp³-hybridized carbons (Fsp3) is 0.333. The van der Waals surface area contributed by atoms with Gasteiger partial charge in [0.25, 0.3) is 0 Å². The molecule has 2 aromatic rings. The highest BCUT2D eigenvalue weighted by atomic mass is 32.2. The van der Waals surface area contributed by atoms with Gasteiger partial charge in [0.15, 0.2) is 9.84 Å². The fourth-order valence-corrected chi connectivity index (χ4v) is 3.23. The van der Waals surface area contributed by atoms with E-state index in [0.29, 0.717) is 6.42 Å². The van der Waals surface area contributed by atoms with Crippen LogP contribution >= 0.6 is 0 Å². The maximum Gasteiger partial charge on any atom is 0.179 e. The van der Waals surface area contributed by atoms with Gasteiger partial charge in [0.1, 0.15) is 0 Å². The number of aromatic amines is 1. The lowest BCUT2D eigenvalue weighted by molar-refractivity contribution is 0.566. The Labute approximate surface area is 114 Å². The van der Waals surface area contributed by atoms with Crippen molar-refractivity contribution in [3.8, 4) is 0 Å². The Kier molecular flexibility index (Phi) is 3.31. The molecule has 1 aromatic heterocycles. The van der Waals surface area contributed by atoms with E-state index < -0.39 is 14.6 Å². The standard InChI is InChI=1S/C15H19NO2S/c1-11(19(17,18)15(2,3)4)9-12-10-16-14-8-6-5-7-13(12)14/h5-8,10,16H,1,9H2,2-4H3. The van der Waals surface area contributed by atoms with Crippen LogP contribution in [-0.2, 0) is 16.3 Å². The van der Waals surface area contributed by atoms with Gasteiger partial charge in [0.05, 0.1) is 4.75 Å². The molecule has 1 heterocycles. The average molecular weight is 277 g/mol. The first-order chi connectivity index (χ1) is 8.73. The lowest BCUT2D eigenvalue weighted by Crippen LogP contribution is -2.29. The van der Waals surface area contributed by atoms with E-state index in [4.69, 9.17) is 0 Å². The lowest BCUT2D eigenvalue weighted by atomic mass is 10.1. The summed E-state index contributed by atoms with van der Waals surface area (Å²) in [5, 5.41) is 1.05. The van der Waals surface area contributed by atoms with Crippen LogP contribution in [0.4, 0.5) is 0 Å². The molecule has 102 valence electrons. The van der Waals surface area contributed by atoms with E-state index in [-0.39, 0.29) is 4.91 Å². The maximum absolute atomic E-state index is 12.3. The summed E-state index contributed by atoms with van der Waals surface area (Å²) in [6.07, 6.45) is 2.21. The van der Waals surface area contributed by atoms with Gasteiger partial charge in [-0.3, -0.25) is 0 Å². The molecule has 0 aliphatic heterocycles. The molecule has 0 saturated carbocycles. The van der Waals surface area contributed by atoms with Crippen LogP contribution in [0.15, 0.2) is 41.9 Å². The lowest BCUT2D eigenvalue weighted by Gasteiger charge is -2.20. The first-order valence-electron chi connectivity index (χ1n) is 6.21. The van der Waals surface area contributed by atoms with Crippen molar-refractivity contribution in [3.05, 3.63) is 47.5 Å². The molecule has 0 aliphatic rings. The molecular formula is C15H19NO2S. The third kappa shape index (κ3) is 2.45. The van der Waals surface area contributed by atoms with E-state index in [9.17, 15) is 8.42 Å². The summed E-state index contributed by atoms with van der Waals surface area (Å²) >= 11 is 0. The Balaban J connectivity index is 2.35. The van der Waals surface area contributed by atoms with Gasteiger partial charge in [-0.25, -0.2) is 8.42 Å². The topological polar surface area (TPSA) is 49.9 Å². The summed E-state index contributed by atoms with van der Waals surface area (Å²) in [7, 11) is -3.33. The summed E-state index contributed by atoms with van der Waals surface area (Å²) in [5.41, 5.74) is 1.98. The monoisotopic (exact) mass is 277 g/mol. The Morgan fingerprint density at radius 3 is 2.53 bits per heavy atom. The molecular weight excluding hydrogens is 258 g/mol. The van der Waals surface area contributed by atoms with Gasteiger partial charge < -0.3 is 4.98 Å². The van der Waals surface area contributed by atoms with Crippen molar-refractivity contribution in [2.45, 2.75) is 31.9 Å². The number of nitrogens with one attached hydrogen (secondary N) is 1. The summed E-state index contributed by atoms with van der Waals surface area (Å²) in [4.78, 5) is 3.42. The number of aromatic nitrogens is 1. The van der Waals surface area contributed by atoms with Gasteiger partial charge in [0.2, 0.25) is 0 Å². The van der Waals surface area contributed by atoms with Crippen LogP contribution in [-0.4, -0.2) is 18.1 Å². The van der Waals surface area contributed by atoms with Crippen LogP contribution in [0, 0.1) is 0 Å². The number of benzene rings is 1. The molecule has 0 bridgehead atoms. The minimum atomic E-state index is -3.33. The zero-order valence-electron chi connectivity index (χ0n) is 11.5. The Bertz CT molecular complexity index is 718. The molecule has 1 N–H and O–H groups in total. The molecule has 1 aromatic carbocycles. The quantitative estimate of drug-likeness (QED) is 0.934. The normalized spacial score (nSPS) is 12.8. The van der Waals surface area contributed by atoms with Crippen LogP contribution in [0.3, 0.4) is 0 Å². The second-order valence-electron chi connectivity index (χ2n) is 5.69.